The Morgan fingerprint density at radius 2 is 1.23 bits per heavy atom. The average molecular weight is 585 g/mol. The van der Waals surface area contributed by atoms with Gasteiger partial charge in [-0.3, -0.25) is 0 Å². The van der Waals surface area contributed by atoms with Gasteiger partial charge in [0.15, 0.2) is 6.23 Å². The Hall–Kier alpha value is -2.46. The quantitative estimate of drug-likeness (QED) is 0.0881. The van der Waals surface area contributed by atoms with Gasteiger partial charge in [-0.25, -0.2) is 0 Å². The first-order valence-electron chi connectivity index (χ1n) is 11.5. The van der Waals surface area contributed by atoms with Crippen LogP contribution in [0.15, 0.2) is 96.1 Å². The molecule has 5 atom stereocenters. The van der Waals surface area contributed by atoms with Crippen LogP contribution in [0.1, 0.15) is 16.7 Å². The molecule has 7 nitrogen and oxygen atoms in total. The number of azide groups is 1. The summed E-state index contributed by atoms with van der Waals surface area (Å²) in [5.74, 6) is 0. The average Bonchev–Trinajstić information content (AvgIpc) is 2.90. The Morgan fingerprint density at radius 1 is 0.743 bits per heavy atom. The first kappa shape index (κ1) is 25.6. The molecular weight excluding hydrogens is 557 g/mol. The SMILES string of the molecule is [N-]=[N+]=NC1OC(COCc2ccccc2)C(OCc2ccccc2)C(OCc2ccccc2)C1I. The van der Waals surface area contributed by atoms with Gasteiger partial charge in [-0.1, -0.05) is 119 Å². The molecule has 8 heteroatoms. The zero-order chi connectivity index (χ0) is 24.3. The summed E-state index contributed by atoms with van der Waals surface area (Å²) in [6.07, 6.45) is -1.94. The number of halogens is 1. The third-order valence-corrected chi connectivity index (χ3v) is 7.04. The van der Waals surface area contributed by atoms with E-state index >= 15 is 0 Å². The van der Waals surface area contributed by atoms with Gasteiger partial charge in [-0.05, 0) is 22.2 Å². The van der Waals surface area contributed by atoms with Gasteiger partial charge < -0.3 is 18.9 Å². The van der Waals surface area contributed by atoms with E-state index in [1.165, 1.54) is 0 Å². The standard InChI is InChI=1S/C27H28IN3O4/c28-24-26(34-18-22-14-8-3-9-15-22)25(33-17-21-12-6-2-7-13-21)23(35-27(24)30-31-29)19-32-16-20-10-4-1-5-11-20/h1-15,23-27H,16-19H2. The minimum Gasteiger partial charge on any atom is -0.374 e. The number of hydrogen-bond donors (Lipinski definition) is 0. The third-order valence-electron chi connectivity index (χ3n) is 5.72. The highest BCUT2D eigenvalue weighted by Crippen LogP contribution is 2.33. The monoisotopic (exact) mass is 585 g/mol. The van der Waals surface area contributed by atoms with Crippen LogP contribution in [0.3, 0.4) is 0 Å². The molecule has 5 unspecified atom stereocenters. The van der Waals surface area contributed by atoms with Gasteiger partial charge in [0.25, 0.3) is 0 Å². The maximum Gasteiger partial charge on any atom is 0.151 e. The van der Waals surface area contributed by atoms with Crippen LogP contribution >= 0.6 is 22.6 Å². The third kappa shape index (κ3) is 7.51. The second-order valence-corrected chi connectivity index (χ2v) is 9.68. The Kier molecular flexibility index (Phi) is 9.94. The lowest BCUT2D eigenvalue weighted by Crippen LogP contribution is -2.57. The Labute approximate surface area is 219 Å². The summed E-state index contributed by atoms with van der Waals surface area (Å²) in [5.41, 5.74) is 12.3. The number of benzene rings is 3. The van der Waals surface area contributed by atoms with Crippen LogP contribution < -0.4 is 0 Å². The molecule has 0 N–H and O–H groups in total. The summed E-state index contributed by atoms with van der Waals surface area (Å²) in [7, 11) is 0. The van der Waals surface area contributed by atoms with Crippen molar-refractivity contribution in [1.82, 2.24) is 0 Å². The number of nitrogens with zero attached hydrogens (tertiary/aromatic N) is 3. The van der Waals surface area contributed by atoms with Gasteiger partial charge in [0.05, 0.1) is 30.4 Å². The van der Waals surface area contributed by atoms with Crippen molar-refractivity contribution >= 4 is 22.6 Å². The second-order valence-electron chi connectivity index (χ2n) is 8.24. The highest BCUT2D eigenvalue weighted by Gasteiger charge is 2.46. The van der Waals surface area contributed by atoms with Gasteiger partial charge in [-0.2, -0.15) is 0 Å². The lowest BCUT2D eigenvalue weighted by atomic mass is 10.00. The van der Waals surface area contributed by atoms with E-state index in [-0.39, 0.29) is 16.6 Å². The lowest BCUT2D eigenvalue weighted by molar-refractivity contribution is -0.213. The fourth-order valence-corrected chi connectivity index (χ4v) is 4.88. The van der Waals surface area contributed by atoms with Crippen LogP contribution in [0.2, 0.25) is 0 Å². The summed E-state index contributed by atoms with van der Waals surface area (Å²) in [4.78, 5) is 3.00. The summed E-state index contributed by atoms with van der Waals surface area (Å²) in [6, 6.07) is 29.9. The fraction of sp³-hybridized carbons (Fsp3) is 0.333. The highest BCUT2D eigenvalue weighted by atomic mass is 127. The van der Waals surface area contributed by atoms with Crippen molar-refractivity contribution in [3.8, 4) is 0 Å². The first-order valence-corrected chi connectivity index (χ1v) is 12.8. The summed E-state index contributed by atoms with van der Waals surface area (Å²) >= 11 is 2.24. The van der Waals surface area contributed by atoms with Crippen molar-refractivity contribution in [3.63, 3.8) is 0 Å². The zero-order valence-corrected chi connectivity index (χ0v) is 21.4. The fourth-order valence-electron chi connectivity index (χ4n) is 3.95. The number of alkyl halides is 1. The summed E-state index contributed by atoms with van der Waals surface area (Å²) in [6.45, 7) is 1.55. The predicted octanol–water partition coefficient (Wildman–Crippen LogP) is 6.21. The lowest BCUT2D eigenvalue weighted by Gasteiger charge is -2.43. The molecule has 0 aliphatic carbocycles. The van der Waals surface area contributed by atoms with Crippen LogP contribution in [0.5, 0.6) is 0 Å². The van der Waals surface area contributed by atoms with Crippen molar-refractivity contribution in [2.45, 2.75) is 48.3 Å². The molecule has 1 aliphatic rings. The Bertz CT molecular complexity index is 1070. The van der Waals surface area contributed by atoms with E-state index in [4.69, 9.17) is 24.5 Å². The largest absolute Gasteiger partial charge is 0.374 e. The summed E-state index contributed by atoms with van der Waals surface area (Å²) in [5, 5.41) is 3.90. The van der Waals surface area contributed by atoms with E-state index in [1.54, 1.807) is 0 Å². The van der Waals surface area contributed by atoms with Crippen LogP contribution in [0.4, 0.5) is 0 Å². The van der Waals surface area contributed by atoms with Gasteiger partial charge in [-0.15, -0.1) is 0 Å². The minimum absolute atomic E-state index is 0.238. The topological polar surface area (TPSA) is 85.7 Å². The molecule has 4 rings (SSSR count). The molecule has 0 saturated carbocycles. The van der Waals surface area contributed by atoms with Crippen molar-refractivity contribution in [2.24, 2.45) is 5.11 Å². The number of ether oxygens (including phenoxy) is 4. The predicted molar refractivity (Wildman–Crippen MR) is 142 cm³/mol. The summed E-state index contributed by atoms with van der Waals surface area (Å²) < 4.78 is 24.8. The van der Waals surface area contributed by atoms with Crippen LogP contribution in [-0.4, -0.2) is 35.1 Å². The van der Waals surface area contributed by atoms with Gasteiger partial charge in [0.2, 0.25) is 0 Å². The van der Waals surface area contributed by atoms with E-state index in [0.717, 1.165) is 16.7 Å². The molecular formula is C27H28IN3O4. The zero-order valence-electron chi connectivity index (χ0n) is 19.2. The van der Waals surface area contributed by atoms with Gasteiger partial charge >= 0.3 is 0 Å². The van der Waals surface area contributed by atoms with Crippen LogP contribution in [0.25, 0.3) is 10.4 Å². The second kappa shape index (κ2) is 13.6. The van der Waals surface area contributed by atoms with E-state index in [9.17, 15) is 0 Å². The molecule has 0 spiro atoms. The van der Waals surface area contributed by atoms with Crippen molar-refractivity contribution in [2.75, 3.05) is 6.61 Å². The van der Waals surface area contributed by atoms with Gasteiger partial charge in [0, 0.05) is 4.91 Å². The maximum atomic E-state index is 9.13. The molecule has 3 aromatic carbocycles. The molecule has 1 heterocycles. The molecule has 0 bridgehead atoms. The first-order chi connectivity index (χ1) is 17.2. The van der Waals surface area contributed by atoms with E-state index in [2.05, 4.69) is 32.6 Å². The molecule has 1 fully saturated rings. The normalized spacial score (nSPS) is 24.0. The van der Waals surface area contributed by atoms with Gasteiger partial charge in [0.1, 0.15) is 18.3 Å². The highest BCUT2D eigenvalue weighted by molar-refractivity contribution is 14.1. The van der Waals surface area contributed by atoms with E-state index in [1.807, 2.05) is 91.0 Å². The molecule has 182 valence electrons. The van der Waals surface area contributed by atoms with Crippen molar-refractivity contribution < 1.29 is 18.9 Å². The van der Waals surface area contributed by atoms with Crippen molar-refractivity contribution in [3.05, 3.63) is 118 Å². The Morgan fingerprint density at radius 3 is 1.74 bits per heavy atom. The molecule has 0 amide bonds. The molecule has 0 radical (unpaired) electrons. The molecule has 3 aromatic rings. The Balaban J connectivity index is 1.52. The molecule has 1 aliphatic heterocycles. The van der Waals surface area contributed by atoms with E-state index < -0.39 is 18.4 Å². The smallest absolute Gasteiger partial charge is 0.151 e. The van der Waals surface area contributed by atoms with E-state index in [0.29, 0.717) is 19.8 Å². The van der Waals surface area contributed by atoms with Crippen LogP contribution in [0, 0.1) is 0 Å². The maximum absolute atomic E-state index is 9.13. The van der Waals surface area contributed by atoms with Crippen LogP contribution in [-0.2, 0) is 38.8 Å². The minimum atomic E-state index is -0.691. The molecule has 35 heavy (non-hydrogen) atoms. The number of rotatable bonds is 11. The van der Waals surface area contributed by atoms with Crippen molar-refractivity contribution in [1.29, 1.82) is 0 Å². The molecule has 1 saturated heterocycles. The number of hydrogen-bond acceptors (Lipinski definition) is 5. The molecule has 0 aromatic heterocycles.